The van der Waals surface area contributed by atoms with Crippen LogP contribution in [0, 0.1) is 5.92 Å². The highest BCUT2D eigenvalue weighted by Crippen LogP contribution is 2.25. The molecule has 0 aromatic heterocycles. The average molecular weight is 239 g/mol. The van der Waals surface area contributed by atoms with E-state index in [9.17, 15) is 14.7 Å². The molecule has 1 aliphatic carbocycles. The molecule has 1 heterocycles. The fraction of sp³-hybridized carbons (Fsp3) is 0.636. The van der Waals surface area contributed by atoms with Crippen LogP contribution in [0.15, 0.2) is 12.2 Å². The molecule has 4 unspecified atom stereocenters. The van der Waals surface area contributed by atoms with Gasteiger partial charge in [0, 0.05) is 19.0 Å². The Morgan fingerprint density at radius 1 is 1.29 bits per heavy atom. The zero-order chi connectivity index (χ0) is 12.6. The minimum atomic E-state index is -0.692. The van der Waals surface area contributed by atoms with E-state index in [1.54, 1.807) is 12.2 Å². The number of nitrogens with two attached hydrogens (primary N) is 2. The highest BCUT2D eigenvalue weighted by molar-refractivity contribution is 5.89. The second kappa shape index (κ2) is 4.46. The van der Waals surface area contributed by atoms with Gasteiger partial charge in [-0.2, -0.15) is 0 Å². The Morgan fingerprint density at radius 2 is 2.00 bits per heavy atom. The summed E-state index contributed by atoms with van der Waals surface area (Å²) in [6.07, 6.45) is 3.65. The molecule has 5 N–H and O–H groups in total. The van der Waals surface area contributed by atoms with Crippen molar-refractivity contribution in [2.24, 2.45) is 17.4 Å². The number of rotatable bonds is 2. The number of aliphatic hydroxyl groups is 1. The van der Waals surface area contributed by atoms with E-state index >= 15 is 0 Å². The minimum Gasteiger partial charge on any atom is -0.391 e. The zero-order valence-corrected chi connectivity index (χ0v) is 9.45. The van der Waals surface area contributed by atoms with Crippen LogP contribution in [-0.4, -0.2) is 46.6 Å². The van der Waals surface area contributed by atoms with Crippen LogP contribution in [0.5, 0.6) is 0 Å². The zero-order valence-electron chi connectivity index (χ0n) is 9.45. The highest BCUT2D eigenvalue weighted by Gasteiger charge is 2.40. The molecule has 0 spiro atoms. The molecule has 4 atom stereocenters. The number of hydrogen-bond acceptors (Lipinski definition) is 4. The number of β-amino-alcohol motifs (C(OH)–C–C–N with tert-alkyl or cyclic N) is 1. The first-order valence-electron chi connectivity index (χ1n) is 5.71. The summed E-state index contributed by atoms with van der Waals surface area (Å²) in [4.78, 5) is 24.7. The molecular weight excluding hydrogens is 222 g/mol. The Labute approximate surface area is 99.2 Å². The van der Waals surface area contributed by atoms with Crippen LogP contribution >= 0.6 is 0 Å². The van der Waals surface area contributed by atoms with Crippen molar-refractivity contribution in [1.82, 2.24) is 4.90 Å². The van der Waals surface area contributed by atoms with Gasteiger partial charge >= 0.3 is 0 Å². The maximum atomic E-state index is 12.2. The van der Waals surface area contributed by atoms with E-state index in [2.05, 4.69) is 0 Å². The first-order chi connectivity index (χ1) is 7.99. The summed E-state index contributed by atoms with van der Waals surface area (Å²) in [5.74, 6) is -1.03. The molecule has 0 bridgehead atoms. The molecule has 0 aromatic rings. The molecule has 1 saturated heterocycles. The summed E-state index contributed by atoms with van der Waals surface area (Å²) in [5, 5.41) is 9.52. The fourth-order valence-electron chi connectivity index (χ4n) is 2.45. The SMILES string of the molecule is NC(=O)C1CC(O)CN1C(=O)C1C=CC(N)C1. The van der Waals surface area contributed by atoms with Gasteiger partial charge in [-0.05, 0) is 6.42 Å². The van der Waals surface area contributed by atoms with Crippen LogP contribution in [0.25, 0.3) is 0 Å². The van der Waals surface area contributed by atoms with E-state index in [1.807, 2.05) is 0 Å². The molecule has 2 rings (SSSR count). The van der Waals surface area contributed by atoms with E-state index in [1.165, 1.54) is 4.90 Å². The third-order valence-electron chi connectivity index (χ3n) is 3.32. The van der Waals surface area contributed by atoms with E-state index in [0.29, 0.717) is 6.42 Å². The lowest BCUT2D eigenvalue weighted by atomic mass is 10.1. The van der Waals surface area contributed by atoms with Crippen molar-refractivity contribution in [2.45, 2.75) is 31.0 Å². The van der Waals surface area contributed by atoms with Crippen molar-refractivity contribution in [3.8, 4) is 0 Å². The number of hydrogen-bond donors (Lipinski definition) is 3. The minimum absolute atomic E-state index is 0.108. The molecule has 17 heavy (non-hydrogen) atoms. The summed E-state index contributed by atoms with van der Waals surface area (Å²) in [5.41, 5.74) is 10.9. The monoisotopic (exact) mass is 239 g/mol. The number of likely N-dealkylation sites (tertiary alicyclic amines) is 1. The Balaban J connectivity index is 2.08. The van der Waals surface area contributed by atoms with Gasteiger partial charge in [0.15, 0.2) is 0 Å². The second-order valence-electron chi connectivity index (χ2n) is 4.69. The molecule has 0 aromatic carbocycles. The standard InChI is InChI=1S/C11H17N3O3/c12-7-2-1-6(3-7)11(17)14-5-8(15)4-9(14)10(13)16/h1-2,6-9,15H,3-5,12H2,(H2,13,16). The quantitative estimate of drug-likeness (QED) is 0.501. The number of nitrogens with zero attached hydrogens (tertiary/aromatic N) is 1. The van der Waals surface area contributed by atoms with Crippen LogP contribution < -0.4 is 11.5 Å². The summed E-state index contributed by atoms with van der Waals surface area (Å²) >= 11 is 0. The van der Waals surface area contributed by atoms with Crippen LogP contribution in [0.4, 0.5) is 0 Å². The maximum Gasteiger partial charge on any atom is 0.240 e. The molecule has 1 aliphatic heterocycles. The topological polar surface area (TPSA) is 110 Å². The molecule has 1 fully saturated rings. The third-order valence-corrected chi connectivity index (χ3v) is 3.32. The van der Waals surface area contributed by atoms with Gasteiger partial charge in [0.1, 0.15) is 6.04 Å². The van der Waals surface area contributed by atoms with E-state index in [0.717, 1.165) is 0 Å². The van der Waals surface area contributed by atoms with E-state index < -0.39 is 18.1 Å². The van der Waals surface area contributed by atoms with Gasteiger partial charge in [-0.1, -0.05) is 12.2 Å². The van der Waals surface area contributed by atoms with E-state index in [4.69, 9.17) is 11.5 Å². The Hall–Kier alpha value is -1.40. The fourth-order valence-corrected chi connectivity index (χ4v) is 2.45. The molecule has 94 valence electrons. The number of aliphatic hydroxyl groups excluding tert-OH is 1. The Morgan fingerprint density at radius 3 is 2.53 bits per heavy atom. The van der Waals surface area contributed by atoms with Crippen LogP contribution in [0.2, 0.25) is 0 Å². The van der Waals surface area contributed by atoms with Crippen LogP contribution in [0.3, 0.4) is 0 Å². The second-order valence-corrected chi connectivity index (χ2v) is 4.69. The van der Waals surface area contributed by atoms with Crippen molar-refractivity contribution >= 4 is 11.8 Å². The number of primary amides is 1. The highest BCUT2D eigenvalue weighted by atomic mass is 16.3. The van der Waals surface area contributed by atoms with Crippen molar-refractivity contribution in [1.29, 1.82) is 0 Å². The first kappa shape index (κ1) is 12.1. The Bertz CT molecular complexity index is 369. The summed E-state index contributed by atoms with van der Waals surface area (Å²) in [7, 11) is 0. The van der Waals surface area contributed by atoms with Crippen LogP contribution in [-0.2, 0) is 9.59 Å². The smallest absolute Gasteiger partial charge is 0.240 e. The third kappa shape index (κ3) is 2.32. The molecule has 6 heteroatoms. The van der Waals surface area contributed by atoms with Gasteiger partial charge in [0.05, 0.1) is 12.0 Å². The number of amides is 2. The predicted molar refractivity (Wildman–Crippen MR) is 60.5 cm³/mol. The molecule has 0 radical (unpaired) electrons. The lowest BCUT2D eigenvalue weighted by molar-refractivity contribution is -0.139. The largest absolute Gasteiger partial charge is 0.391 e. The summed E-state index contributed by atoms with van der Waals surface area (Å²) in [6.45, 7) is 0.173. The average Bonchev–Trinajstić information content (AvgIpc) is 2.83. The number of carbonyl (C=O) groups excluding carboxylic acids is 2. The normalized spacial score (nSPS) is 36.5. The van der Waals surface area contributed by atoms with E-state index in [-0.39, 0.29) is 30.8 Å². The van der Waals surface area contributed by atoms with Crippen molar-refractivity contribution in [2.75, 3.05) is 6.54 Å². The predicted octanol–water partition coefficient (Wildman–Crippen LogP) is -1.66. The van der Waals surface area contributed by atoms with Gasteiger partial charge in [-0.3, -0.25) is 9.59 Å². The van der Waals surface area contributed by atoms with Crippen molar-refractivity contribution in [3.63, 3.8) is 0 Å². The molecule has 6 nitrogen and oxygen atoms in total. The van der Waals surface area contributed by atoms with Crippen molar-refractivity contribution in [3.05, 3.63) is 12.2 Å². The lowest BCUT2D eigenvalue weighted by Crippen LogP contribution is -2.46. The van der Waals surface area contributed by atoms with Crippen LogP contribution in [0.1, 0.15) is 12.8 Å². The maximum absolute atomic E-state index is 12.2. The van der Waals surface area contributed by atoms with Gasteiger partial charge in [-0.15, -0.1) is 0 Å². The summed E-state index contributed by atoms with van der Waals surface area (Å²) < 4.78 is 0. The van der Waals surface area contributed by atoms with Gasteiger partial charge < -0.3 is 21.5 Å². The number of carbonyl (C=O) groups is 2. The van der Waals surface area contributed by atoms with Gasteiger partial charge in [-0.25, -0.2) is 0 Å². The van der Waals surface area contributed by atoms with Crippen molar-refractivity contribution < 1.29 is 14.7 Å². The Kier molecular flexibility index (Phi) is 3.17. The lowest BCUT2D eigenvalue weighted by Gasteiger charge is -2.24. The summed E-state index contributed by atoms with van der Waals surface area (Å²) in [6, 6.07) is -0.800. The van der Waals surface area contributed by atoms with Gasteiger partial charge in [0.2, 0.25) is 11.8 Å². The molecule has 0 saturated carbocycles. The first-order valence-corrected chi connectivity index (χ1v) is 5.71. The molecular formula is C11H17N3O3. The van der Waals surface area contributed by atoms with Gasteiger partial charge in [0.25, 0.3) is 0 Å². The molecule has 2 amide bonds. The molecule has 2 aliphatic rings.